The number of hydrogen-bond acceptors (Lipinski definition) is 5. The molecule has 1 saturated carbocycles. The van der Waals surface area contributed by atoms with Gasteiger partial charge in [0.25, 0.3) is 0 Å². The summed E-state index contributed by atoms with van der Waals surface area (Å²) in [7, 11) is -3.12. The van der Waals surface area contributed by atoms with Crippen LogP contribution >= 0.6 is 0 Å². The number of rotatable bonds is 6. The van der Waals surface area contributed by atoms with Crippen LogP contribution in [0.15, 0.2) is 24.5 Å². The molecule has 1 aromatic heterocycles. The molecule has 6 nitrogen and oxygen atoms in total. The zero-order valence-electron chi connectivity index (χ0n) is 13.1. The van der Waals surface area contributed by atoms with Crippen LogP contribution in [-0.4, -0.2) is 54.4 Å². The predicted molar refractivity (Wildman–Crippen MR) is 85.9 cm³/mol. The molecule has 0 N–H and O–H groups in total. The first-order chi connectivity index (χ1) is 11.0. The van der Waals surface area contributed by atoms with Gasteiger partial charge in [-0.15, -0.1) is 0 Å². The molecule has 7 heteroatoms. The molecule has 0 unspecified atom stereocenters. The lowest BCUT2D eigenvalue weighted by Gasteiger charge is -2.39. The van der Waals surface area contributed by atoms with Crippen molar-refractivity contribution in [2.24, 2.45) is 0 Å². The number of ether oxygens (including phenoxy) is 1. The fraction of sp³-hybridized carbons (Fsp3) is 0.625. The van der Waals surface area contributed by atoms with Crippen molar-refractivity contribution in [1.82, 2.24) is 9.88 Å². The Hall–Kier alpha value is -1.63. The second kappa shape index (κ2) is 6.86. The molecule has 1 amide bonds. The molecule has 2 heterocycles. The minimum absolute atomic E-state index is 0.0206. The van der Waals surface area contributed by atoms with E-state index in [9.17, 15) is 13.2 Å². The van der Waals surface area contributed by atoms with E-state index in [0.717, 1.165) is 31.4 Å². The van der Waals surface area contributed by atoms with E-state index < -0.39 is 9.84 Å². The highest BCUT2D eigenvalue weighted by atomic mass is 32.2. The number of sulfone groups is 1. The van der Waals surface area contributed by atoms with Crippen LogP contribution in [0.5, 0.6) is 5.75 Å². The molecule has 2 aliphatic rings. The lowest BCUT2D eigenvalue weighted by molar-refractivity contribution is -0.139. The minimum atomic E-state index is -3.12. The third-order valence-electron chi connectivity index (χ3n) is 4.56. The maximum Gasteiger partial charge on any atom is 0.223 e. The molecule has 126 valence electrons. The maximum absolute atomic E-state index is 12.2. The van der Waals surface area contributed by atoms with Crippen LogP contribution in [0.25, 0.3) is 0 Å². The molecular weight excluding hydrogens is 316 g/mol. The standard InChI is InChI=1S/C16H22N2O4S/c19-16(7-10-23(20,21)15-3-1-2-4-15)18-11-14(12-18)22-13-5-8-17-9-6-13/h5-6,8-9,14-15H,1-4,7,10-12H2. The monoisotopic (exact) mass is 338 g/mol. The smallest absolute Gasteiger partial charge is 0.223 e. The van der Waals surface area contributed by atoms with Crippen LogP contribution in [-0.2, 0) is 14.6 Å². The highest BCUT2D eigenvalue weighted by molar-refractivity contribution is 7.92. The van der Waals surface area contributed by atoms with Gasteiger partial charge in [0, 0.05) is 18.8 Å². The third-order valence-corrected chi connectivity index (χ3v) is 6.82. The minimum Gasteiger partial charge on any atom is -0.487 e. The average Bonchev–Trinajstić information content (AvgIpc) is 3.04. The molecule has 0 atom stereocenters. The van der Waals surface area contributed by atoms with Gasteiger partial charge in [-0.1, -0.05) is 12.8 Å². The molecule has 0 bridgehead atoms. The van der Waals surface area contributed by atoms with Gasteiger partial charge in [0.15, 0.2) is 9.84 Å². The molecule has 0 spiro atoms. The Bertz CT molecular complexity index is 635. The number of pyridine rings is 1. The van der Waals surface area contributed by atoms with E-state index >= 15 is 0 Å². The van der Waals surface area contributed by atoms with Crippen molar-refractivity contribution in [3.05, 3.63) is 24.5 Å². The van der Waals surface area contributed by atoms with Crippen LogP contribution < -0.4 is 4.74 Å². The summed E-state index contributed by atoms with van der Waals surface area (Å²) in [6.45, 7) is 1.04. The van der Waals surface area contributed by atoms with Crippen molar-refractivity contribution in [3.63, 3.8) is 0 Å². The van der Waals surface area contributed by atoms with E-state index in [0.29, 0.717) is 13.1 Å². The van der Waals surface area contributed by atoms with E-state index in [4.69, 9.17) is 4.74 Å². The van der Waals surface area contributed by atoms with Gasteiger partial charge in [0.1, 0.15) is 11.9 Å². The van der Waals surface area contributed by atoms with Crippen LogP contribution in [0.1, 0.15) is 32.1 Å². The van der Waals surface area contributed by atoms with Gasteiger partial charge in [-0.25, -0.2) is 8.42 Å². The molecule has 1 saturated heterocycles. The maximum atomic E-state index is 12.2. The van der Waals surface area contributed by atoms with Crippen LogP contribution in [0.2, 0.25) is 0 Å². The fourth-order valence-corrected chi connectivity index (χ4v) is 4.97. The Kier molecular flexibility index (Phi) is 4.84. The topological polar surface area (TPSA) is 76.6 Å². The molecule has 3 rings (SSSR count). The number of amides is 1. The first-order valence-electron chi connectivity index (χ1n) is 8.10. The summed E-state index contributed by atoms with van der Waals surface area (Å²) in [5.41, 5.74) is 0. The highest BCUT2D eigenvalue weighted by Gasteiger charge is 2.34. The van der Waals surface area contributed by atoms with E-state index in [1.165, 1.54) is 0 Å². The normalized spacial score (nSPS) is 19.6. The lowest BCUT2D eigenvalue weighted by atomic mass is 10.1. The molecule has 0 aromatic carbocycles. The van der Waals surface area contributed by atoms with Gasteiger partial charge in [0.05, 0.1) is 24.1 Å². The number of aromatic nitrogens is 1. The molecule has 0 radical (unpaired) electrons. The van der Waals surface area contributed by atoms with Crippen molar-refractivity contribution >= 4 is 15.7 Å². The van der Waals surface area contributed by atoms with Gasteiger partial charge in [-0.05, 0) is 25.0 Å². The second-order valence-electron chi connectivity index (χ2n) is 6.24. The van der Waals surface area contributed by atoms with Gasteiger partial charge in [0.2, 0.25) is 5.91 Å². The quantitative estimate of drug-likeness (QED) is 0.784. The molecule has 1 aromatic rings. The molecular formula is C16H22N2O4S. The first-order valence-corrected chi connectivity index (χ1v) is 9.82. The number of carbonyl (C=O) groups is 1. The molecule has 2 fully saturated rings. The van der Waals surface area contributed by atoms with Crippen molar-refractivity contribution in [1.29, 1.82) is 0 Å². The zero-order valence-corrected chi connectivity index (χ0v) is 13.9. The zero-order chi connectivity index (χ0) is 16.3. The van der Waals surface area contributed by atoms with E-state index in [-0.39, 0.29) is 29.4 Å². The van der Waals surface area contributed by atoms with Crippen molar-refractivity contribution < 1.29 is 17.9 Å². The van der Waals surface area contributed by atoms with Gasteiger partial charge in [-0.2, -0.15) is 0 Å². The van der Waals surface area contributed by atoms with E-state index in [1.54, 1.807) is 29.4 Å². The Morgan fingerprint density at radius 1 is 1.22 bits per heavy atom. The summed E-state index contributed by atoms with van der Waals surface area (Å²) in [5, 5.41) is -0.227. The van der Waals surface area contributed by atoms with Gasteiger partial charge in [-0.3, -0.25) is 9.78 Å². The Labute approximate surface area is 136 Å². The average molecular weight is 338 g/mol. The van der Waals surface area contributed by atoms with Crippen molar-refractivity contribution in [3.8, 4) is 5.75 Å². The second-order valence-corrected chi connectivity index (χ2v) is 8.65. The summed E-state index contributed by atoms with van der Waals surface area (Å²) in [4.78, 5) is 17.7. The van der Waals surface area contributed by atoms with Crippen LogP contribution in [0, 0.1) is 0 Å². The highest BCUT2D eigenvalue weighted by Crippen LogP contribution is 2.26. The number of likely N-dealkylation sites (tertiary alicyclic amines) is 1. The van der Waals surface area contributed by atoms with Crippen molar-refractivity contribution in [2.75, 3.05) is 18.8 Å². The molecule has 1 aliphatic heterocycles. The summed E-state index contributed by atoms with van der Waals surface area (Å²) in [6, 6.07) is 3.55. The summed E-state index contributed by atoms with van der Waals surface area (Å²) in [5.74, 6) is 0.616. The third kappa shape index (κ3) is 4.02. The fourth-order valence-electron chi connectivity index (χ4n) is 3.13. The summed E-state index contributed by atoms with van der Waals surface area (Å²) < 4.78 is 30.0. The van der Waals surface area contributed by atoms with E-state index in [2.05, 4.69) is 4.98 Å². The molecule has 1 aliphatic carbocycles. The van der Waals surface area contributed by atoms with Crippen LogP contribution in [0.4, 0.5) is 0 Å². The largest absolute Gasteiger partial charge is 0.487 e. The Morgan fingerprint density at radius 3 is 2.52 bits per heavy atom. The SMILES string of the molecule is O=C(CCS(=O)(=O)C1CCCC1)N1CC(Oc2ccncc2)C1. The van der Waals surface area contributed by atoms with Crippen LogP contribution in [0.3, 0.4) is 0 Å². The number of hydrogen-bond donors (Lipinski definition) is 0. The van der Waals surface area contributed by atoms with Crippen molar-refractivity contribution in [2.45, 2.75) is 43.5 Å². The van der Waals surface area contributed by atoms with E-state index in [1.807, 2.05) is 0 Å². The van der Waals surface area contributed by atoms with Gasteiger partial charge >= 0.3 is 0 Å². The summed E-state index contributed by atoms with van der Waals surface area (Å²) in [6.07, 6.45) is 6.85. The molecule has 23 heavy (non-hydrogen) atoms. The lowest BCUT2D eigenvalue weighted by Crippen LogP contribution is -2.56. The predicted octanol–water partition coefficient (Wildman–Crippen LogP) is 1.42. The Balaban J connectivity index is 1.40. The summed E-state index contributed by atoms with van der Waals surface area (Å²) >= 11 is 0. The van der Waals surface area contributed by atoms with Gasteiger partial charge < -0.3 is 9.64 Å². The number of carbonyl (C=O) groups excluding carboxylic acids is 1. The Morgan fingerprint density at radius 2 is 1.87 bits per heavy atom. The number of nitrogens with zero attached hydrogens (tertiary/aromatic N) is 2. The first kappa shape index (κ1) is 16.2.